The lowest BCUT2D eigenvalue weighted by Crippen LogP contribution is -2.13. The van der Waals surface area contributed by atoms with E-state index in [2.05, 4.69) is 26.6 Å². The van der Waals surface area contributed by atoms with E-state index in [4.69, 9.17) is 11.0 Å². The first-order valence-electron chi connectivity index (χ1n) is 5.38. The molecule has 0 aliphatic heterocycles. The first-order valence-corrected chi connectivity index (χ1v) is 5.38. The second-order valence-electron chi connectivity index (χ2n) is 3.94. The zero-order valence-electron chi connectivity index (χ0n) is 10.1. The molecule has 0 amide bonds. The number of hydrogen-bond acceptors (Lipinski definition) is 6. The fraction of sp³-hybridized carbons (Fsp3) is 0.273. The van der Waals surface area contributed by atoms with Crippen LogP contribution in [0.25, 0.3) is 0 Å². The van der Waals surface area contributed by atoms with Crippen LogP contribution >= 0.6 is 0 Å². The lowest BCUT2D eigenvalue weighted by atomic mass is 10.2. The highest BCUT2D eigenvalue weighted by atomic mass is 15.3. The number of nitrogens with two attached hydrogens (primary N) is 1. The molecule has 0 spiro atoms. The van der Waals surface area contributed by atoms with Crippen molar-refractivity contribution in [3.8, 4) is 6.07 Å². The van der Waals surface area contributed by atoms with Crippen molar-refractivity contribution in [3.63, 3.8) is 0 Å². The molecule has 0 bridgehead atoms. The van der Waals surface area contributed by atoms with Gasteiger partial charge in [-0.05, 0) is 13.0 Å². The van der Waals surface area contributed by atoms with E-state index in [-0.39, 0.29) is 6.04 Å². The zero-order chi connectivity index (χ0) is 13.1. The molecule has 7 heteroatoms. The van der Waals surface area contributed by atoms with E-state index in [1.807, 2.05) is 14.0 Å². The number of rotatable bonds is 3. The van der Waals surface area contributed by atoms with Gasteiger partial charge in [0.05, 0.1) is 23.5 Å². The quantitative estimate of drug-likeness (QED) is 0.827. The Balaban J connectivity index is 2.25. The third-order valence-electron chi connectivity index (χ3n) is 2.52. The Bertz CT molecular complexity index is 596. The molecule has 0 fully saturated rings. The van der Waals surface area contributed by atoms with Crippen LogP contribution in [-0.2, 0) is 7.05 Å². The summed E-state index contributed by atoms with van der Waals surface area (Å²) in [5.74, 6) is 1.25. The highest BCUT2D eigenvalue weighted by molar-refractivity contribution is 5.57. The van der Waals surface area contributed by atoms with Crippen LogP contribution < -0.4 is 11.1 Å². The van der Waals surface area contributed by atoms with Crippen molar-refractivity contribution in [2.75, 3.05) is 11.1 Å². The van der Waals surface area contributed by atoms with Crippen molar-refractivity contribution in [2.24, 2.45) is 7.05 Å². The lowest BCUT2D eigenvalue weighted by molar-refractivity contribution is 0.716. The van der Waals surface area contributed by atoms with Gasteiger partial charge in [-0.2, -0.15) is 5.26 Å². The van der Waals surface area contributed by atoms with Crippen molar-refractivity contribution in [3.05, 3.63) is 30.0 Å². The minimum Gasteiger partial charge on any atom is -0.397 e. The third kappa shape index (κ3) is 2.22. The summed E-state index contributed by atoms with van der Waals surface area (Å²) >= 11 is 0. The SMILES string of the molecule is CC(Nc1ncc(N)cc1C#N)c1nncn1C. The molecule has 0 aliphatic carbocycles. The molecular weight excluding hydrogens is 230 g/mol. The Kier molecular flexibility index (Phi) is 3.10. The Morgan fingerprint density at radius 1 is 1.56 bits per heavy atom. The molecule has 7 nitrogen and oxygen atoms in total. The van der Waals surface area contributed by atoms with Crippen LogP contribution in [0.5, 0.6) is 0 Å². The predicted octanol–water partition coefficient (Wildman–Crippen LogP) is 0.837. The first kappa shape index (κ1) is 11.9. The number of anilines is 2. The van der Waals surface area contributed by atoms with E-state index in [9.17, 15) is 0 Å². The van der Waals surface area contributed by atoms with Gasteiger partial charge < -0.3 is 15.6 Å². The van der Waals surface area contributed by atoms with Gasteiger partial charge in [-0.25, -0.2) is 4.98 Å². The molecule has 0 saturated carbocycles. The van der Waals surface area contributed by atoms with Crippen LogP contribution in [0.15, 0.2) is 18.6 Å². The monoisotopic (exact) mass is 243 g/mol. The number of hydrogen-bond donors (Lipinski definition) is 2. The van der Waals surface area contributed by atoms with E-state index in [0.29, 0.717) is 17.1 Å². The summed E-state index contributed by atoms with van der Waals surface area (Å²) in [6.45, 7) is 1.92. The van der Waals surface area contributed by atoms with Crippen molar-refractivity contribution < 1.29 is 0 Å². The van der Waals surface area contributed by atoms with Gasteiger partial charge in [0.15, 0.2) is 5.82 Å². The van der Waals surface area contributed by atoms with Crippen molar-refractivity contribution in [2.45, 2.75) is 13.0 Å². The molecule has 3 N–H and O–H groups in total. The molecule has 0 radical (unpaired) electrons. The van der Waals surface area contributed by atoms with Crippen LogP contribution in [0.3, 0.4) is 0 Å². The van der Waals surface area contributed by atoms with Gasteiger partial charge in [0.1, 0.15) is 18.2 Å². The molecule has 18 heavy (non-hydrogen) atoms. The number of nitrogen functional groups attached to an aromatic ring is 1. The second kappa shape index (κ2) is 4.71. The van der Waals surface area contributed by atoms with Gasteiger partial charge in [0, 0.05) is 7.05 Å². The van der Waals surface area contributed by atoms with Gasteiger partial charge in [-0.3, -0.25) is 0 Å². The van der Waals surface area contributed by atoms with Crippen LogP contribution in [-0.4, -0.2) is 19.7 Å². The van der Waals surface area contributed by atoms with Crippen molar-refractivity contribution in [1.82, 2.24) is 19.7 Å². The van der Waals surface area contributed by atoms with Gasteiger partial charge in [-0.15, -0.1) is 10.2 Å². The summed E-state index contributed by atoms with van der Waals surface area (Å²) in [5.41, 5.74) is 6.45. The normalized spacial score (nSPS) is 11.8. The lowest BCUT2D eigenvalue weighted by Gasteiger charge is -2.14. The summed E-state index contributed by atoms with van der Waals surface area (Å²) in [5, 5.41) is 20.0. The molecule has 0 aromatic carbocycles. The van der Waals surface area contributed by atoms with E-state index in [1.54, 1.807) is 17.0 Å². The summed E-state index contributed by atoms with van der Waals surface area (Å²) < 4.78 is 1.81. The van der Waals surface area contributed by atoms with Gasteiger partial charge in [0.25, 0.3) is 0 Å². The molecule has 2 rings (SSSR count). The standard InChI is InChI=1S/C11H13N7/c1-7(11-17-15-6-18(11)2)16-10-8(4-12)3-9(13)5-14-10/h3,5-7H,13H2,1-2H3,(H,14,16). The van der Waals surface area contributed by atoms with Crippen LogP contribution in [0.4, 0.5) is 11.5 Å². The molecular formula is C11H13N7. The molecule has 0 saturated heterocycles. The molecule has 1 unspecified atom stereocenters. The Morgan fingerprint density at radius 2 is 2.33 bits per heavy atom. The topological polar surface area (TPSA) is 105 Å². The number of aryl methyl sites for hydroxylation is 1. The average Bonchev–Trinajstić information content (AvgIpc) is 2.77. The van der Waals surface area contributed by atoms with Crippen LogP contribution in [0.1, 0.15) is 24.4 Å². The third-order valence-corrected chi connectivity index (χ3v) is 2.52. The fourth-order valence-electron chi connectivity index (χ4n) is 1.63. The maximum absolute atomic E-state index is 9.02. The number of aromatic nitrogens is 4. The zero-order valence-corrected chi connectivity index (χ0v) is 10.1. The minimum absolute atomic E-state index is 0.110. The Labute approximate surface area is 104 Å². The predicted molar refractivity (Wildman–Crippen MR) is 66.4 cm³/mol. The second-order valence-corrected chi connectivity index (χ2v) is 3.94. The molecule has 92 valence electrons. The van der Waals surface area contributed by atoms with Gasteiger partial charge >= 0.3 is 0 Å². The largest absolute Gasteiger partial charge is 0.397 e. The summed E-state index contributed by atoms with van der Waals surface area (Å²) in [7, 11) is 1.86. The summed E-state index contributed by atoms with van der Waals surface area (Å²) in [6, 6.07) is 3.53. The van der Waals surface area contributed by atoms with Gasteiger partial charge in [-0.1, -0.05) is 0 Å². The number of pyridine rings is 1. The van der Waals surface area contributed by atoms with Gasteiger partial charge in [0.2, 0.25) is 0 Å². The number of nitrogens with one attached hydrogen (secondary N) is 1. The van der Waals surface area contributed by atoms with E-state index in [1.165, 1.54) is 6.20 Å². The van der Waals surface area contributed by atoms with Crippen molar-refractivity contribution in [1.29, 1.82) is 5.26 Å². The molecule has 1 atom stereocenters. The van der Waals surface area contributed by atoms with E-state index >= 15 is 0 Å². The fourth-order valence-corrected chi connectivity index (χ4v) is 1.63. The molecule has 2 aromatic heterocycles. The Hall–Kier alpha value is -2.62. The highest BCUT2D eigenvalue weighted by Crippen LogP contribution is 2.19. The number of nitriles is 1. The summed E-state index contributed by atoms with van der Waals surface area (Å²) in [6.07, 6.45) is 3.13. The molecule has 2 heterocycles. The summed E-state index contributed by atoms with van der Waals surface area (Å²) in [4.78, 5) is 4.11. The van der Waals surface area contributed by atoms with E-state index in [0.717, 1.165) is 5.82 Å². The van der Waals surface area contributed by atoms with E-state index < -0.39 is 0 Å². The first-order chi connectivity index (χ1) is 8.61. The molecule has 2 aromatic rings. The average molecular weight is 243 g/mol. The maximum atomic E-state index is 9.02. The Morgan fingerprint density at radius 3 is 2.94 bits per heavy atom. The minimum atomic E-state index is -0.110. The molecule has 0 aliphatic rings. The van der Waals surface area contributed by atoms with Crippen molar-refractivity contribution >= 4 is 11.5 Å². The smallest absolute Gasteiger partial charge is 0.154 e. The highest BCUT2D eigenvalue weighted by Gasteiger charge is 2.13. The maximum Gasteiger partial charge on any atom is 0.154 e. The van der Waals surface area contributed by atoms with Crippen LogP contribution in [0.2, 0.25) is 0 Å². The van der Waals surface area contributed by atoms with Crippen LogP contribution in [0, 0.1) is 11.3 Å². The number of nitrogens with zero attached hydrogens (tertiary/aromatic N) is 5.